The molecule has 0 aromatic carbocycles. The van der Waals surface area contributed by atoms with Gasteiger partial charge in [0.05, 0.1) is 17.2 Å². The third kappa shape index (κ3) is 3.85. The molecule has 2 heterocycles. The fourth-order valence-corrected chi connectivity index (χ4v) is 5.61. The number of fused-ring (bicyclic) bond motifs is 1. The third-order valence-electron chi connectivity index (χ3n) is 5.01. The van der Waals surface area contributed by atoms with Crippen LogP contribution in [-0.2, 0) is 22.4 Å². The Kier molecular flexibility index (Phi) is 5.12. The standard InChI is InChI=1S/C18H23N3O2S2/c1-18(2,3)11-4-5-12-13(7-19)17(25-14(12)6-11)20-15(22)8-21-10-24-9-16(21)23/h11H,4-6,8-10H2,1-3H3,(H,20,22). The summed E-state index contributed by atoms with van der Waals surface area (Å²) in [5.74, 6) is 1.37. The van der Waals surface area contributed by atoms with Gasteiger partial charge in [-0.3, -0.25) is 9.59 Å². The molecule has 134 valence electrons. The quantitative estimate of drug-likeness (QED) is 0.878. The van der Waals surface area contributed by atoms with Gasteiger partial charge < -0.3 is 10.2 Å². The molecule has 0 spiro atoms. The molecule has 1 atom stereocenters. The van der Waals surface area contributed by atoms with Crippen molar-refractivity contribution < 1.29 is 9.59 Å². The molecule has 1 saturated heterocycles. The SMILES string of the molecule is CC(C)(C)C1CCc2c(sc(NC(=O)CN3CSCC3=O)c2C#N)C1. The lowest BCUT2D eigenvalue weighted by Crippen LogP contribution is -2.34. The number of rotatable bonds is 3. The fraction of sp³-hybridized carbons (Fsp3) is 0.611. The number of nitrogens with one attached hydrogen (secondary N) is 1. The molecular weight excluding hydrogens is 354 g/mol. The van der Waals surface area contributed by atoms with Crippen LogP contribution in [0, 0.1) is 22.7 Å². The molecule has 0 radical (unpaired) electrons. The van der Waals surface area contributed by atoms with Crippen LogP contribution in [-0.4, -0.2) is 34.9 Å². The minimum Gasteiger partial charge on any atom is -0.323 e. The van der Waals surface area contributed by atoms with Crippen LogP contribution in [0.1, 0.15) is 43.2 Å². The van der Waals surface area contributed by atoms with Crippen LogP contribution < -0.4 is 5.32 Å². The summed E-state index contributed by atoms with van der Waals surface area (Å²) in [4.78, 5) is 26.7. The van der Waals surface area contributed by atoms with Gasteiger partial charge in [0, 0.05) is 4.88 Å². The van der Waals surface area contributed by atoms with E-state index in [1.165, 1.54) is 28.0 Å². The van der Waals surface area contributed by atoms with Gasteiger partial charge in [0.25, 0.3) is 0 Å². The van der Waals surface area contributed by atoms with Gasteiger partial charge in [-0.2, -0.15) is 5.26 Å². The average molecular weight is 378 g/mol. The summed E-state index contributed by atoms with van der Waals surface area (Å²) in [6.45, 7) is 6.84. The average Bonchev–Trinajstić information content (AvgIpc) is 3.08. The van der Waals surface area contributed by atoms with Crippen molar-refractivity contribution >= 4 is 39.9 Å². The Morgan fingerprint density at radius 1 is 1.44 bits per heavy atom. The van der Waals surface area contributed by atoms with E-state index in [0.717, 1.165) is 24.8 Å². The number of hydrogen-bond acceptors (Lipinski definition) is 5. The molecular formula is C18H23N3O2S2. The van der Waals surface area contributed by atoms with Crippen molar-refractivity contribution in [1.82, 2.24) is 4.90 Å². The van der Waals surface area contributed by atoms with Crippen LogP contribution >= 0.6 is 23.1 Å². The number of carbonyl (C=O) groups is 2. The van der Waals surface area contributed by atoms with Gasteiger partial charge in [-0.05, 0) is 36.2 Å². The second kappa shape index (κ2) is 7.00. The van der Waals surface area contributed by atoms with Crippen molar-refractivity contribution in [2.24, 2.45) is 11.3 Å². The minimum atomic E-state index is -0.224. The normalized spacial score (nSPS) is 20.3. The molecule has 3 rings (SSSR count). The number of thiophene rings is 1. The third-order valence-corrected chi connectivity index (χ3v) is 7.13. The molecule has 1 aliphatic carbocycles. The van der Waals surface area contributed by atoms with E-state index >= 15 is 0 Å². The molecule has 1 unspecified atom stereocenters. The number of carbonyl (C=O) groups excluding carboxylic acids is 2. The zero-order valence-corrected chi connectivity index (χ0v) is 16.5. The summed E-state index contributed by atoms with van der Waals surface area (Å²) in [6, 6.07) is 2.28. The first-order chi connectivity index (χ1) is 11.8. The number of amides is 2. The molecule has 0 saturated carbocycles. The van der Waals surface area contributed by atoms with Gasteiger partial charge in [-0.15, -0.1) is 23.1 Å². The van der Waals surface area contributed by atoms with E-state index in [2.05, 4.69) is 32.2 Å². The first-order valence-electron chi connectivity index (χ1n) is 8.49. The van der Waals surface area contributed by atoms with Crippen LogP contribution in [0.2, 0.25) is 0 Å². The van der Waals surface area contributed by atoms with Crippen LogP contribution in [0.25, 0.3) is 0 Å². The van der Waals surface area contributed by atoms with Crippen molar-refractivity contribution in [3.8, 4) is 6.07 Å². The van der Waals surface area contributed by atoms with E-state index in [4.69, 9.17) is 0 Å². The molecule has 2 amide bonds. The number of nitrogens with zero attached hydrogens (tertiary/aromatic N) is 2. The van der Waals surface area contributed by atoms with Crippen molar-refractivity contribution in [2.75, 3.05) is 23.5 Å². The Labute approximate surface area is 156 Å². The summed E-state index contributed by atoms with van der Waals surface area (Å²) in [5, 5.41) is 13.1. The van der Waals surface area contributed by atoms with Crippen molar-refractivity contribution in [3.63, 3.8) is 0 Å². The lowest BCUT2D eigenvalue weighted by molar-refractivity contribution is -0.130. The predicted octanol–water partition coefficient (Wildman–Crippen LogP) is 3.24. The lowest BCUT2D eigenvalue weighted by Gasteiger charge is -2.33. The summed E-state index contributed by atoms with van der Waals surface area (Å²) in [5.41, 5.74) is 1.96. The van der Waals surface area contributed by atoms with E-state index in [-0.39, 0.29) is 23.8 Å². The zero-order chi connectivity index (χ0) is 18.2. The minimum absolute atomic E-state index is 0.000787. The van der Waals surface area contributed by atoms with Gasteiger partial charge >= 0.3 is 0 Å². The highest BCUT2D eigenvalue weighted by Gasteiger charge is 2.32. The van der Waals surface area contributed by atoms with E-state index in [1.807, 2.05) is 0 Å². The Hall–Kier alpha value is -1.52. The Bertz CT molecular complexity index is 743. The zero-order valence-electron chi connectivity index (χ0n) is 14.8. The highest BCUT2D eigenvalue weighted by atomic mass is 32.2. The maximum absolute atomic E-state index is 12.3. The first-order valence-corrected chi connectivity index (χ1v) is 10.5. The van der Waals surface area contributed by atoms with Gasteiger partial charge in [-0.25, -0.2) is 0 Å². The topological polar surface area (TPSA) is 73.2 Å². The highest BCUT2D eigenvalue weighted by Crippen LogP contribution is 2.43. The monoisotopic (exact) mass is 377 g/mol. The maximum Gasteiger partial charge on any atom is 0.244 e. The van der Waals surface area contributed by atoms with Crippen LogP contribution in [0.4, 0.5) is 5.00 Å². The number of hydrogen-bond donors (Lipinski definition) is 1. The number of thioether (sulfide) groups is 1. The molecule has 1 fully saturated rings. The smallest absolute Gasteiger partial charge is 0.244 e. The number of nitriles is 1. The predicted molar refractivity (Wildman–Crippen MR) is 102 cm³/mol. The van der Waals surface area contributed by atoms with Crippen LogP contribution in [0.5, 0.6) is 0 Å². The molecule has 2 aliphatic rings. The van der Waals surface area contributed by atoms with Crippen molar-refractivity contribution in [3.05, 3.63) is 16.0 Å². The van der Waals surface area contributed by atoms with E-state index in [0.29, 0.717) is 28.1 Å². The van der Waals surface area contributed by atoms with Gasteiger partial charge in [-0.1, -0.05) is 20.8 Å². The molecule has 5 nitrogen and oxygen atoms in total. The number of anilines is 1. The molecule has 1 aliphatic heterocycles. The van der Waals surface area contributed by atoms with Gasteiger partial charge in [0.2, 0.25) is 11.8 Å². The van der Waals surface area contributed by atoms with E-state index in [9.17, 15) is 14.9 Å². The molecule has 25 heavy (non-hydrogen) atoms. The van der Waals surface area contributed by atoms with Crippen molar-refractivity contribution in [2.45, 2.75) is 40.0 Å². The van der Waals surface area contributed by atoms with Gasteiger partial charge in [0.15, 0.2) is 0 Å². The fourth-order valence-electron chi connectivity index (χ4n) is 3.41. The van der Waals surface area contributed by atoms with Crippen LogP contribution in [0.3, 0.4) is 0 Å². The lowest BCUT2D eigenvalue weighted by atomic mass is 9.72. The Balaban J connectivity index is 1.75. The summed E-state index contributed by atoms with van der Waals surface area (Å²) in [7, 11) is 0. The second-order valence-electron chi connectivity index (χ2n) is 7.74. The second-order valence-corrected chi connectivity index (χ2v) is 9.80. The Morgan fingerprint density at radius 2 is 2.20 bits per heavy atom. The molecule has 1 N–H and O–H groups in total. The maximum atomic E-state index is 12.3. The highest BCUT2D eigenvalue weighted by molar-refractivity contribution is 8.00. The summed E-state index contributed by atoms with van der Waals surface area (Å²) >= 11 is 3.05. The molecule has 0 bridgehead atoms. The van der Waals surface area contributed by atoms with Gasteiger partial charge in [0.1, 0.15) is 17.6 Å². The summed E-state index contributed by atoms with van der Waals surface area (Å²) in [6.07, 6.45) is 2.94. The largest absolute Gasteiger partial charge is 0.323 e. The van der Waals surface area contributed by atoms with Crippen molar-refractivity contribution in [1.29, 1.82) is 5.26 Å². The molecule has 7 heteroatoms. The molecule has 1 aromatic rings. The van der Waals surface area contributed by atoms with Crippen LogP contribution in [0.15, 0.2) is 0 Å². The first kappa shape index (κ1) is 18.3. The van der Waals surface area contributed by atoms with E-state index < -0.39 is 0 Å². The summed E-state index contributed by atoms with van der Waals surface area (Å²) < 4.78 is 0. The van der Waals surface area contributed by atoms with E-state index in [1.54, 1.807) is 4.90 Å². The molecule has 1 aromatic heterocycles. The Morgan fingerprint density at radius 3 is 2.80 bits per heavy atom.